The zero-order valence-corrected chi connectivity index (χ0v) is 12.7. The Balaban J connectivity index is 1.83. The fourth-order valence-electron chi connectivity index (χ4n) is 3.66. The lowest BCUT2D eigenvalue weighted by Crippen LogP contribution is -2.44. The molecule has 2 unspecified atom stereocenters. The summed E-state index contributed by atoms with van der Waals surface area (Å²) in [5, 5.41) is 3.57. The maximum Gasteiger partial charge on any atom is 0.0104 e. The molecule has 0 spiro atoms. The van der Waals surface area contributed by atoms with Gasteiger partial charge in [-0.25, -0.2) is 0 Å². The maximum absolute atomic E-state index is 3.57. The van der Waals surface area contributed by atoms with E-state index in [0.717, 1.165) is 12.0 Å². The number of hydrogen-bond acceptors (Lipinski definition) is 2. The van der Waals surface area contributed by atoms with Crippen molar-refractivity contribution in [2.45, 2.75) is 64.8 Å². The molecule has 2 fully saturated rings. The van der Waals surface area contributed by atoms with E-state index in [4.69, 9.17) is 0 Å². The van der Waals surface area contributed by atoms with Gasteiger partial charge >= 0.3 is 0 Å². The second-order valence-corrected chi connectivity index (χ2v) is 7.26. The van der Waals surface area contributed by atoms with Crippen LogP contribution in [0.4, 0.5) is 0 Å². The van der Waals surface area contributed by atoms with Gasteiger partial charge in [-0.15, -0.1) is 0 Å². The summed E-state index contributed by atoms with van der Waals surface area (Å²) in [5.74, 6) is 0.888. The molecule has 1 N–H and O–H groups in total. The normalized spacial score (nSPS) is 34.2. The van der Waals surface area contributed by atoms with Crippen LogP contribution in [0.2, 0.25) is 0 Å². The molecule has 2 aliphatic rings. The molecule has 2 heteroatoms. The van der Waals surface area contributed by atoms with Crippen LogP contribution in [0, 0.1) is 11.3 Å². The predicted octanol–water partition coefficient (Wildman–Crippen LogP) is 3.28. The van der Waals surface area contributed by atoms with Gasteiger partial charge in [0.05, 0.1) is 0 Å². The molecule has 1 aliphatic carbocycles. The van der Waals surface area contributed by atoms with Crippen molar-refractivity contribution < 1.29 is 0 Å². The second-order valence-electron chi connectivity index (χ2n) is 7.26. The van der Waals surface area contributed by atoms with Gasteiger partial charge in [0, 0.05) is 12.6 Å². The van der Waals surface area contributed by atoms with Crippen molar-refractivity contribution in [2.24, 2.45) is 11.3 Å². The van der Waals surface area contributed by atoms with Crippen molar-refractivity contribution in [1.29, 1.82) is 0 Å². The first-order valence-corrected chi connectivity index (χ1v) is 8.00. The highest BCUT2D eigenvalue weighted by molar-refractivity contribution is 4.84. The van der Waals surface area contributed by atoms with Gasteiger partial charge in [-0.2, -0.15) is 0 Å². The van der Waals surface area contributed by atoms with Gasteiger partial charge in [0.25, 0.3) is 0 Å². The lowest BCUT2D eigenvalue weighted by Gasteiger charge is -2.39. The van der Waals surface area contributed by atoms with Gasteiger partial charge in [-0.05, 0) is 57.2 Å². The van der Waals surface area contributed by atoms with Crippen molar-refractivity contribution in [3.05, 3.63) is 0 Å². The minimum Gasteiger partial charge on any atom is -0.317 e. The van der Waals surface area contributed by atoms with Gasteiger partial charge < -0.3 is 10.2 Å². The van der Waals surface area contributed by atoms with E-state index in [-0.39, 0.29) is 0 Å². The van der Waals surface area contributed by atoms with Crippen LogP contribution in [0.15, 0.2) is 0 Å². The Kier molecular flexibility index (Phi) is 5.08. The first-order chi connectivity index (χ1) is 8.61. The summed E-state index contributed by atoms with van der Waals surface area (Å²) in [4.78, 5) is 2.73. The molecule has 0 radical (unpaired) electrons. The molecule has 0 aromatic rings. The van der Waals surface area contributed by atoms with Crippen LogP contribution in [-0.2, 0) is 0 Å². The fraction of sp³-hybridized carbons (Fsp3) is 1.00. The third kappa shape index (κ3) is 3.96. The lowest BCUT2D eigenvalue weighted by atomic mass is 9.82. The quantitative estimate of drug-likeness (QED) is 0.776. The molecule has 0 bridgehead atoms. The molecule has 2 rings (SSSR count). The van der Waals surface area contributed by atoms with Gasteiger partial charge in [-0.3, -0.25) is 0 Å². The molecule has 2 nitrogen and oxygen atoms in total. The first-order valence-electron chi connectivity index (χ1n) is 8.00. The van der Waals surface area contributed by atoms with Gasteiger partial charge in [0.2, 0.25) is 0 Å². The van der Waals surface area contributed by atoms with E-state index in [9.17, 15) is 0 Å². The summed E-state index contributed by atoms with van der Waals surface area (Å²) in [5.41, 5.74) is 0.586. The molecule has 1 saturated heterocycles. The van der Waals surface area contributed by atoms with Gasteiger partial charge in [-0.1, -0.05) is 33.1 Å². The number of piperidine rings is 1. The van der Waals surface area contributed by atoms with Crippen LogP contribution in [0.1, 0.15) is 58.8 Å². The van der Waals surface area contributed by atoms with E-state index in [0.29, 0.717) is 5.41 Å². The molecule has 1 aliphatic heterocycles. The van der Waals surface area contributed by atoms with E-state index in [1.165, 1.54) is 64.6 Å². The average Bonchev–Trinajstić information content (AvgIpc) is 2.57. The Morgan fingerprint density at radius 2 is 1.72 bits per heavy atom. The second kappa shape index (κ2) is 6.38. The van der Waals surface area contributed by atoms with E-state index in [1.54, 1.807) is 0 Å². The van der Waals surface area contributed by atoms with Crippen molar-refractivity contribution in [3.8, 4) is 0 Å². The van der Waals surface area contributed by atoms with Crippen LogP contribution >= 0.6 is 0 Å². The smallest absolute Gasteiger partial charge is 0.0104 e. The van der Waals surface area contributed by atoms with E-state index < -0.39 is 0 Å². The highest BCUT2D eigenvalue weighted by Gasteiger charge is 2.29. The zero-order valence-electron chi connectivity index (χ0n) is 12.7. The molecule has 1 saturated carbocycles. The van der Waals surface area contributed by atoms with Crippen LogP contribution < -0.4 is 5.32 Å². The number of nitrogens with zero attached hydrogens (tertiary/aromatic N) is 1. The highest BCUT2D eigenvalue weighted by Crippen LogP contribution is 2.31. The van der Waals surface area contributed by atoms with Crippen molar-refractivity contribution >= 4 is 0 Å². The Bertz CT molecular complexity index is 239. The summed E-state index contributed by atoms with van der Waals surface area (Å²) in [6.45, 7) is 8.82. The predicted molar refractivity (Wildman–Crippen MR) is 78.9 cm³/mol. The van der Waals surface area contributed by atoms with Crippen LogP contribution in [-0.4, -0.2) is 37.6 Å². The third-order valence-corrected chi connectivity index (χ3v) is 5.23. The molecule has 0 aromatic carbocycles. The first kappa shape index (κ1) is 14.3. The van der Waals surface area contributed by atoms with Crippen molar-refractivity contribution in [2.75, 3.05) is 26.7 Å². The van der Waals surface area contributed by atoms with Crippen molar-refractivity contribution in [3.63, 3.8) is 0 Å². The minimum atomic E-state index is 0.586. The summed E-state index contributed by atoms with van der Waals surface area (Å²) >= 11 is 0. The standard InChI is InChI=1S/C16H32N2/c1-16(2)9-11-18(12-10-16)13-14-7-5-4-6-8-15(14)17-3/h14-15,17H,4-13H2,1-3H3. The fourth-order valence-corrected chi connectivity index (χ4v) is 3.66. The van der Waals surface area contributed by atoms with Gasteiger partial charge in [0.1, 0.15) is 0 Å². The number of hydrogen-bond donors (Lipinski definition) is 1. The molecule has 18 heavy (non-hydrogen) atoms. The zero-order chi connectivity index (χ0) is 13.0. The lowest BCUT2D eigenvalue weighted by molar-refractivity contribution is 0.107. The molecule has 106 valence electrons. The van der Waals surface area contributed by atoms with E-state index in [1.807, 2.05) is 0 Å². The third-order valence-electron chi connectivity index (χ3n) is 5.23. The molecule has 0 amide bonds. The summed E-state index contributed by atoms with van der Waals surface area (Å²) < 4.78 is 0. The summed E-state index contributed by atoms with van der Waals surface area (Å²) in [6, 6.07) is 0.766. The van der Waals surface area contributed by atoms with E-state index in [2.05, 4.69) is 31.1 Å². The Hall–Kier alpha value is -0.0800. The topological polar surface area (TPSA) is 15.3 Å². The maximum atomic E-state index is 3.57. The Labute approximate surface area is 114 Å². The Morgan fingerprint density at radius 1 is 1.06 bits per heavy atom. The van der Waals surface area contributed by atoms with Gasteiger partial charge in [0.15, 0.2) is 0 Å². The number of nitrogens with one attached hydrogen (secondary N) is 1. The average molecular weight is 252 g/mol. The SMILES string of the molecule is CNC1CCCCCC1CN1CCC(C)(C)CC1. The van der Waals surface area contributed by atoms with Crippen LogP contribution in [0.25, 0.3) is 0 Å². The Morgan fingerprint density at radius 3 is 2.39 bits per heavy atom. The van der Waals surface area contributed by atoms with Crippen LogP contribution in [0.5, 0.6) is 0 Å². The minimum absolute atomic E-state index is 0.586. The monoisotopic (exact) mass is 252 g/mol. The largest absolute Gasteiger partial charge is 0.317 e. The molecule has 0 aromatic heterocycles. The van der Waals surface area contributed by atoms with E-state index >= 15 is 0 Å². The van der Waals surface area contributed by atoms with Crippen molar-refractivity contribution in [1.82, 2.24) is 10.2 Å². The summed E-state index contributed by atoms with van der Waals surface area (Å²) in [6.07, 6.45) is 9.90. The number of likely N-dealkylation sites (tertiary alicyclic amines) is 1. The highest BCUT2D eigenvalue weighted by atomic mass is 15.1. The summed E-state index contributed by atoms with van der Waals surface area (Å²) in [7, 11) is 2.16. The van der Waals surface area contributed by atoms with Crippen LogP contribution in [0.3, 0.4) is 0 Å². The number of rotatable bonds is 3. The molecule has 1 heterocycles. The molecule has 2 atom stereocenters. The molecular formula is C16H32N2. The molecular weight excluding hydrogens is 220 g/mol.